The largest absolute Gasteiger partial charge is 0.389 e. The lowest BCUT2D eigenvalue weighted by Gasteiger charge is -2.35. The van der Waals surface area contributed by atoms with Crippen LogP contribution in [0.2, 0.25) is 0 Å². The number of likely N-dealkylation sites (N-methyl/N-ethyl adjacent to an activating group) is 2. The zero-order valence-corrected chi connectivity index (χ0v) is 13.0. The Morgan fingerprint density at radius 2 is 2.25 bits per heavy atom. The zero-order valence-electron chi connectivity index (χ0n) is 12.2. The highest BCUT2D eigenvalue weighted by molar-refractivity contribution is 7.80. The lowest BCUT2D eigenvalue weighted by atomic mass is 10.1. The van der Waals surface area contributed by atoms with E-state index in [1.807, 2.05) is 18.2 Å². The molecule has 2 rings (SSSR count). The number of ether oxygens (including phenoxy) is 1. The number of hydrogen-bond acceptors (Lipinski definition) is 4. The minimum atomic E-state index is 0.230. The highest BCUT2D eigenvalue weighted by atomic mass is 32.1. The molecule has 1 heterocycles. The second-order valence-corrected chi connectivity index (χ2v) is 5.59. The van der Waals surface area contributed by atoms with Crippen molar-refractivity contribution in [3.05, 3.63) is 29.8 Å². The number of hydrogen-bond donors (Lipinski definition) is 1. The van der Waals surface area contributed by atoms with E-state index >= 15 is 0 Å². The molecule has 1 aromatic rings. The van der Waals surface area contributed by atoms with Gasteiger partial charge in [-0.3, -0.25) is 4.90 Å². The Labute approximate surface area is 126 Å². The summed E-state index contributed by atoms with van der Waals surface area (Å²) in [6.45, 7) is 6.93. The third-order valence-corrected chi connectivity index (χ3v) is 3.95. The molecule has 0 radical (unpaired) electrons. The van der Waals surface area contributed by atoms with Gasteiger partial charge in [-0.05, 0) is 18.7 Å². The quantitative estimate of drug-likeness (QED) is 0.833. The van der Waals surface area contributed by atoms with Crippen molar-refractivity contribution >= 4 is 22.9 Å². The molecule has 0 aromatic heterocycles. The fourth-order valence-corrected chi connectivity index (χ4v) is 2.77. The van der Waals surface area contributed by atoms with Crippen LogP contribution in [0.3, 0.4) is 0 Å². The Morgan fingerprint density at radius 1 is 1.50 bits per heavy atom. The summed E-state index contributed by atoms with van der Waals surface area (Å²) in [7, 11) is 2.06. The molecule has 20 heavy (non-hydrogen) atoms. The number of rotatable bonds is 5. The van der Waals surface area contributed by atoms with E-state index < -0.39 is 0 Å². The standard InChI is InChI=1S/C15H23N3OS/c1-3-18-8-9-19-12(11-18)10-17(2)14-7-5-4-6-13(14)15(16)20/h4-7,12H,3,8-11H2,1-2H3,(H2,16,20). The van der Waals surface area contributed by atoms with E-state index in [4.69, 9.17) is 22.7 Å². The summed E-state index contributed by atoms with van der Waals surface area (Å²) in [5.74, 6) is 0. The molecule has 1 atom stereocenters. The maximum atomic E-state index is 5.86. The third kappa shape index (κ3) is 3.69. The van der Waals surface area contributed by atoms with E-state index in [0.29, 0.717) is 4.99 Å². The van der Waals surface area contributed by atoms with Crippen LogP contribution < -0.4 is 10.6 Å². The molecule has 0 spiro atoms. The van der Waals surface area contributed by atoms with E-state index in [1.165, 1.54) is 0 Å². The molecular formula is C15H23N3OS. The van der Waals surface area contributed by atoms with Gasteiger partial charge in [-0.1, -0.05) is 31.3 Å². The Bertz CT molecular complexity index is 466. The van der Waals surface area contributed by atoms with Gasteiger partial charge in [0, 0.05) is 37.9 Å². The molecule has 1 aliphatic heterocycles. The van der Waals surface area contributed by atoms with Crippen molar-refractivity contribution in [3.63, 3.8) is 0 Å². The summed E-state index contributed by atoms with van der Waals surface area (Å²) in [6, 6.07) is 7.98. The fourth-order valence-electron chi connectivity index (χ4n) is 2.60. The Hall–Kier alpha value is -1.17. The van der Waals surface area contributed by atoms with Crippen molar-refractivity contribution in [2.45, 2.75) is 13.0 Å². The van der Waals surface area contributed by atoms with Crippen molar-refractivity contribution in [1.29, 1.82) is 0 Å². The molecule has 0 saturated carbocycles. The van der Waals surface area contributed by atoms with E-state index in [-0.39, 0.29) is 6.10 Å². The molecule has 0 amide bonds. The van der Waals surface area contributed by atoms with Crippen molar-refractivity contribution in [2.24, 2.45) is 5.73 Å². The summed E-state index contributed by atoms with van der Waals surface area (Å²) in [4.78, 5) is 5.03. The number of anilines is 1. The average molecular weight is 293 g/mol. The number of para-hydroxylation sites is 1. The van der Waals surface area contributed by atoms with Crippen LogP contribution in [-0.4, -0.2) is 55.8 Å². The molecular weight excluding hydrogens is 270 g/mol. The first-order valence-corrected chi connectivity index (χ1v) is 7.46. The van der Waals surface area contributed by atoms with Crippen LogP contribution in [0.25, 0.3) is 0 Å². The van der Waals surface area contributed by atoms with Gasteiger partial charge in [-0.25, -0.2) is 0 Å². The highest BCUT2D eigenvalue weighted by Gasteiger charge is 2.21. The second-order valence-electron chi connectivity index (χ2n) is 5.15. The molecule has 0 bridgehead atoms. The van der Waals surface area contributed by atoms with Crippen molar-refractivity contribution < 1.29 is 4.74 Å². The lowest BCUT2D eigenvalue weighted by Crippen LogP contribution is -2.47. The molecule has 1 aliphatic rings. The first kappa shape index (κ1) is 15.2. The van der Waals surface area contributed by atoms with Gasteiger partial charge in [0.05, 0.1) is 12.7 Å². The molecule has 5 heteroatoms. The molecule has 1 unspecified atom stereocenters. The SMILES string of the molecule is CCN1CCOC(CN(C)c2ccccc2C(N)=S)C1. The molecule has 1 fully saturated rings. The fraction of sp³-hybridized carbons (Fsp3) is 0.533. The predicted molar refractivity (Wildman–Crippen MR) is 87.5 cm³/mol. The summed E-state index contributed by atoms with van der Waals surface area (Å²) < 4.78 is 5.86. The van der Waals surface area contributed by atoms with Crippen molar-refractivity contribution in [1.82, 2.24) is 4.90 Å². The summed E-state index contributed by atoms with van der Waals surface area (Å²) in [5, 5.41) is 0. The van der Waals surface area contributed by atoms with Crippen LogP contribution >= 0.6 is 12.2 Å². The number of benzene rings is 1. The monoisotopic (exact) mass is 293 g/mol. The Morgan fingerprint density at radius 3 is 2.95 bits per heavy atom. The average Bonchev–Trinajstić information content (AvgIpc) is 2.47. The molecule has 1 saturated heterocycles. The van der Waals surface area contributed by atoms with Crippen molar-refractivity contribution in [2.75, 3.05) is 44.7 Å². The molecule has 4 nitrogen and oxygen atoms in total. The van der Waals surface area contributed by atoms with Gasteiger partial charge in [0.1, 0.15) is 4.99 Å². The van der Waals surface area contributed by atoms with Gasteiger partial charge in [0.25, 0.3) is 0 Å². The van der Waals surface area contributed by atoms with Crippen LogP contribution in [-0.2, 0) is 4.74 Å². The molecule has 0 aliphatic carbocycles. The minimum absolute atomic E-state index is 0.230. The van der Waals surface area contributed by atoms with E-state index in [1.54, 1.807) is 0 Å². The third-order valence-electron chi connectivity index (χ3n) is 3.73. The summed E-state index contributed by atoms with van der Waals surface area (Å²) in [5.41, 5.74) is 7.79. The molecule has 1 aromatic carbocycles. The van der Waals surface area contributed by atoms with Crippen LogP contribution in [0.15, 0.2) is 24.3 Å². The van der Waals surface area contributed by atoms with Crippen molar-refractivity contribution in [3.8, 4) is 0 Å². The first-order valence-electron chi connectivity index (χ1n) is 7.05. The maximum Gasteiger partial charge on any atom is 0.106 e. The smallest absolute Gasteiger partial charge is 0.106 e. The van der Waals surface area contributed by atoms with Crippen LogP contribution in [0.4, 0.5) is 5.69 Å². The number of nitrogens with two attached hydrogens (primary N) is 1. The minimum Gasteiger partial charge on any atom is -0.389 e. The van der Waals surface area contributed by atoms with Crippen LogP contribution in [0, 0.1) is 0 Å². The van der Waals surface area contributed by atoms with Crippen LogP contribution in [0.1, 0.15) is 12.5 Å². The van der Waals surface area contributed by atoms with E-state index in [0.717, 1.165) is 44.0 Å². The number of thiocarbonyl (C=S) groups is 1. The predicted octanol–water partition coefficient (Wildman–Crippen LogP) is 1.48. The van der Waals surface area contributed by atoms with Gasteiger partial charge in [0.2, 0.25) is 0 Å². The second kappa shape index (κ2) is 7.02. The van der Waals surface area contributed by atoms with Gasteiger partial charge < -0.3 is 15.4 Å². The highest BCUT2D eigenvalue weighted by Crippen LogP contribution is 2.20. The first-order chi connectivity index (χ1) is 9.61. The summed E-state index contributed by atoms with van der Waals surface area (Å²) in [6.07, 6.45) is 0.230. The lowest BCUT2D eigenvalue weighted by molar-refractivity contribution is -0.0216. The normalized spacial score (nSPS) is 19.8. The van der Waals surface area contributed by atoms with E-state index in [9.17, 15) is 0 Å². The Kier molecular flexibility index (Phi) is 5.34. The van der Waals surface area contributed by atoms with Gasteiger partial charge in [-0.2, -0.15) is 0 Å². The van der Waals surface area contributed by atoms with Gasteiger partial charge >= 0.3 is 0 Å². The van der Waals surface area contributed by atoms with Gasteiger partial charge in [0.15, 0.2) is 0 Å². The maximum absolute atomic E-state index is 5.86. The van der Waals surface area contributed by atoms with Crippen LogP contribution in [0.5, 0.6) is 0 Å². The van der Waals surface area contributed by atoms with Gasteiger partial charge in [-0.15, -0.1) is 0 Å². The number of morpholine rings is 1. The summed E-state index contributed by atoms with van der Waals surface area (Å²) >= 11 is 5.12. The molecule has 2 N–H and O–H groups in total. The van der Waals surface area contributed by atoms with E-state index in [2.05, 4.69) is 29.8 Å². The zero-order chi connectivity index (χ0) is 14.5. The topological polar surface area (TPSA) is 41.7 Å². The number of nitrogens with zero attached hydrogens (tertiary/aromatic N) is 2. The Balaban J connectivity index is 2.04. The molecule has 110 valence electrons.